The topological polar surface area (TPSA) is 12.4 Å². The summed E-state index contributed by atoms with van der Waals surface area (Å²) in [6.45, 7) is 2.31. The third-order valence-electron chi connectivity index (χ3n) is 2.26. The lowest BCUT2D eigenvalue weighted by Gasteiger charge is -2.03. The Morgan fingerprint density at radius 3 is 2.80 bits per heavy atom. The molecule has 0 radical (unpaired) electrons. The Morgan fingerprint density at radius 1 is 1.70 bits per heavy atom. The van der Waals surface area contributed by atoms with Gasteiger partial charge >= 0.3 is 0 Å². The SMILES string of the molecule is CN=C1C[C@@]1(C)CCSC. The molecule has 1 rings (SSSR count). The highest BCUT2D eigenvalue weighted by molar-refractivity contribution is 7.98. The molecule has 1 nitrogen and oxygen atoms in total. The van der Waals surface area contributed by atoms with Gasteiger partial charge < -0.3 is 0 Å². The van der Waals surface area contributed by atoms with Gasteiger partial charge in [-0.3, -0.25) is 4.99 Å². The van der Waals surface area contributed by atoms with Crippen LogP contribution >= 0.6 is 11.8 Å². The van der Waals surface area contributed by atoms with Gasteiger partial charge in [0.05, 0.1) is 0 Å². The van der Waals surface area contributed by atoms with Crippen molar-refractivity contribution in [2.24, 2.45) is 10.4 Å². The molecule has 1 fully saturated rings. The van der Waals surface area contributed by atoms with Crippen molar-refractivity contribution in [2.45, 2.75) is 19.8 Å². The number of hydrogen-bond donors (Lipinski definition) is 0. The van der Waals surface area contributed by atoms with Gasteiger partial charge in [0.15, 0.2) is 0 Å². The average Bonchev–Trinajstić information content (AvgIpc) is 2.59. The molecule has 10 heavy (non-hydrogen) atoms. The lowest BCUT2D eigenvalue weighted by molar-refractivity contribution is 0.603. The first-order valence-corrected chi connectivity index (χ1v) is 5.07. The first kappa shape index (κ1) is 8.12. The van der Waals surface area contributed by atoms with E-state index in [2.05, 4.69) is 18.2 Å². The second kappa shape index (κ2) is 2.95. The van der Waals surface area contributed by atoms with E-state index in [1.807, 2.05) is 18.8 Å². The molecule has 0 aromatic heterocycles. The molecule has 0 heterocycles. The summed E-state index contributed by atoms with van der Waals surface area (Å²) in [5.74, 6) is 1.27. The third-order valence-corrected chi connectivity index (χ3v) is 2.87. The standard InChI is InChI=1S/C8H15NS/c1-8(4-5-10-3)6-7(8)9-2/h4-6H2,1-3H3/t8-/m1/s1. The Morgan fingerprint density at radius 2 is 2.40 bits per heavy atom. The second-order valence-corrected chi connectivity index (χ2v) is 4.14. The maximum atomic E-state index is 4.21. The quantitative estimate of drug-likeness (QED) is 0.612. The highest BCUT2D eigenvalue weighted by atomic mass is 32.2. The van der Waals surface area contributed by atoms with Gasteiger partial charge in [-0.05, 0) is 24.9 Å². The molecule has 0 saturated heterocycles. The van der Waals surface area contributed by atoms with E-state index in [-0.39, 0.29) is 0 Å². The predicted molar refractivity (Wildman–Crippen MR) is 49.1 cm³/mol. The zero-order valence-electron chi connectivity index (χ0n) is 6.98. The minimum atomic E-state index is 0.498. The van der Waals surface area contributed by atoms with Crippen molar-refractivity contribution in [3.8, 4) is 0 Å². The molecule has 0 N–H and O–H groups in total. The van der Waals surface area contributed by atoms with Gasteiger partial charge in [0, 0.05) is 18.2 Å². The first-order chi connectivity index (χ1) is 4.73. The van der Waals surface area contributed by atoms with E-state index in [1.54, 1.807) is 0 Å². The summed E-state index contributed by atoms with van der Waals surface area (Å²) < 4.78 is 0. The Hall–Kier alpha value is 0.0200. The Balaban J connectivity index is 2.29. The molecule has 0 spiro atoms. The average molecular weight is 157 g/mol. The van der Waals surface area contributed by atoms with Crippen LogP contribution < -0.4 is 0 Å². The van der Waals surface area contributed by atoms with Gasteiger partial charge in [0.2, 0.25) is 0 Å². The van der Waals surface area contributed by atoms with E-state index in [4.69, 9.17) is 0 Å². The van der Waals surface area contributed by atoms with Crippen molar-refractivity contribution in [3.05, 3.63) is 0 Å². The van der Waals surface area contributed by atoms with E-state index in [9.17, 15) is 0 Å². The second-order valence-electron chi connectivity index (χ2n) is 3.15. The smallest absolute Gasteiger partial charge is 0.0276 e. The summed E-state index contributed by atoms with van der Waals surface area (Å²) in [5, 5.41) is 0. The normalized spacial score (nSPS) is 34.9. The molecule has 0 aliphatic heterocycles. The van der Waals surface area contributed by atoms with Crippen molar-refractivity contribution >= 4 is 17.5 Å². The van der Waals surface area contributed by atoms with E-state index >= 15 is 0 Å². The number of aliphatic imine (C=N–C) groups is 1. The molecule has 0 unspecified atom stereocenters. The zero-order chi connectivity index (χ0) is 7.61. The molecule has 0 bridgehead atoms. The van der Waals surface area contributed by atoms with Crippen LogP contribution in [0.1, 0.15) is 19.8 Å². The van der Waals surface area contributed by atoms with Gasteiger partial charge in [-0.25, -0.2) is 0 Å². The summed E-state index contributed by atoms with van der Waals surface area (Å²) in [5.41, 5.74) is 1.92. The summed E-state index contributed by atoms with van der Waals surface area (Å²) in [7, 11) is 1.90. The van der Waals surface area contributed by atoms with Crippen LogP contribution in [-0.4, -0.2) is 24.8 Å². The number of hydrogen-bond acceptors (Lipinski definition) is 2. The molecule has 1 aliphatic carbocycles. The molecule has 0 amide bonds. The lowest BCUT2D eigenvalue weighted by Crippen LogP contribution is -1.98. The van der Waals surface area contributed by atoms with Crippen LogP contribution in [0, 0.1) is 5.41 Å². The maximum Gasteiger partial charge on any atom is 0.0276 e. The van der Waals surface area contributed by atoms with Gasteiger partial charge in [0.25, 0.3) is 0 Å². The summed E-state index contributed by atoms with van der Waals surface area (Å²) in [6.07, 6.45) is 4.71. The van der Waals surface area contributed by atoms with Crippen LogP contribution in [0.5, 0.6) is 0 Å². The molecule has 1 saturated carbocycles. The van der Waals surface area contributed by atoms with Crippen LogP contribution in [0.2, 0.25) is 0 Å². The van der Waals surface area contributed by atoms with E-state index in [0.29, 0.717) is 5.41 Å². The summed E-state index contributed by atoms with van der Waals surface area (Å²) in [4.78, 5) is 4.21. The minimum Gasteiger partial charge on any atom is -0.297 e. The highest BCUT2D eigenvalue weighted by Crippen LogP contribution is 2.45. The van der Waals surface area contributed by atoms with Crippen LogP contribution in [0.4, 0.5) is 0 Å². The Bertz CT molecular complexity index is 153. The van der Waals surface area contributed by atoms with Crippen molar-refractivity contribution in [3.63, 3.8) is 0 Å². The van der Waals surface area contributed by atoms with E-state index in [0.717, 1.165) is 0 Å². The van der Waals surface area contributed by atoms with Crippen LogP contribution in [0.15, 0.2) is 4.99 Å². The fraction of sp³-hybridized carbons (Fsp3) is 0.875. The molecule has 1 aliphatic rings. The molecule has 0 aromatic rings. The first-order valence-electron chi connectivity index (χ1n) is 3.68. The predicted octanol–water partition coefficient (Wildman–Crippen LogP) is 2.22. The van der Waals surface area contributed by atoms with E-state index < -0.39 is 0 Å². The van der Waals surface area contributed by atoms with Crippen molar-refractivity contribution < 1.29 is 0 Å². The van der Waals surface area contributed by atoms with Crippen molar-refractivity contribution in [2.75, 3.05) is 19.1 Å². The van der Waals surface area contributed by atoms with Gasteiger partial charge in [-0.1, -0.05) is 6.92 Å². The van der Waals surface area contributed by atoms with Gasteiger partial charge in [-0.2, -0.15) is 11.8 Å². The zero-order valence-corrected chi connectivity index (χ0v) is 7.79. The van der Waals surface area contributed by atoms with Gasteiger partial charge in [-0.15, -0.1) is 0 Å². The third kappa shape index (κ3) is 1.54. The van der Waals surface area contributed by atoms with Crippen molar-refractivity contribution in [1.29, 1.82) is 0 Å². The number of nitrogens with zero attached hydrogens (tertiary/aromatic N) is 1. The minimum absolute atomic E-state index is 0.498. The molecule has 2 heteroatoms. The molecule has 58 valence electrons. The Kier molecular flexibility index (Phi) is 2.40. The number of thioether (sulfide) groups is 1. The lowest BCUT2D eigenvalue weighted by atomic mass is 10.1. The van der Waals surface area contributed by atoms with Crippen LogP contribution in [0.3, 0.4) is 0 Å². The van der Waals surface area contributed by atoms with E-state index in [1.165, 1.54) is 24.3 Å². The molecular weight excluding hydrogens is 142 g/mol. The molecule has 1 atom stereocenters. The van der Waals surface area contributed by atoms with Gasteiger partial charge in [0.1, 0.15) is 0 Å². The monoisotopic (exact) mass is 157 g/mol. The summed E-state index contributed by atoms with van der Waals surface area (Å²) in [6, 6.07) is 0. The molecular formula is C8H15NS. The maximum absolute atomic E-state index is 4.21. The van der Waals surface area contributed by atoms with Crippen LogP contribution in [-0.2, 0) is 0 Å². The Labute approximate surface area is 67.3 Å². The largest absolute Gasteiger partial charge is 0.297 e. The fourth-order valence-corrected chi connectivity index (χ4v) is 1.89. The fourth-order valence-electron chi connectivity index (χ4n) is 1.23. The van der Waals surface area contributed by atoms with Crippen LogP contribution in [0.25, 0.3) is 0 Å². The molecule has 0 aromatic carbocycles. The highest BCUT2D eigenvalue weighted by Gasteiger charge is 2.44. The summed E-state index contributed by atoms with van der Waals surface area (Å²) >= 11 is 1.93. The van der Waals surface area contributed by atoms with Crippen molar-refractivity contribution in [1.82, 2.24) is 0 Å². The number of rotatable bonds is 3.